The maximum Gasteiger partial charge on any atom is 0.248 e. The number of benzene rings is 1. The molecule has 3 fully saturated rings. The van der Waals surface area contributed by atoms with Gasteiger partial charge in [-0.3, -0.25) is 4.79 Å². The fraction of sp³-hybridized carbons (Fsp3) is 0.708. The Morgan fingerprint density at radius 2 is 1.96 bits per heavy atom. The van der Waals surface area contributed by atoms with E-state index in [0.29, 0.717) is 17.4 Å². The van der Waals surface area contributed by atoms with E-state index in [1.54, 1.807) is 6.07 Å². The molecular weight excluding hydrogens is 348 g/mol. The number of primary amides is 1. The van der Waals surface area contributed by atoms with Gasteiger partial charge in [0.05, 0.1) is 5.60 Å². The van der Waals surface area contributed by atoms with Gasteiger partial charge in [0.25, 0.3) is 0 Å². The van der Waals surface area contributed by atoms with Gasteiger partial charge in [-0.2, -0.15) is 0 Å². The molecular formula is C24H36N2O2. The Morgan fingerprint density at radius 1 is 1.21 bits per heavy atom. The SMILES string of the molecule is COC1(c2cccc(C(N)=O)c2)C(C)CCCC1CN(C)CC1CC2CC2C1. The number of ether oxygens (including phenoxy) is 1. The van der Waals surface area contributed by atoms with Crippen LogP contribution in [0.25, 0.3) is 0 Å². The molecule has 4 heteroatoms. The van der Waals surface area contributed by atoms with E-state index in [9.17, 15) is 4.79 Å². The van der Waals surface area contributed by atoms with E-state index in [4.69, 9.17) is 10.5 Å². The molecule has 0 saturated heterocycles. The Hall–Kier alpha value is -1.39. The van der Waals surface area contributed by atoms with E-state index in [1.807, 2.05) is 19.2 Å². The lowest BCUT2D eigenvalue weighted by molar-refractivity contribution is -0.132. The second-order valence-electron chi connectivity index (χ2n) is 9.79. The van der Waals surface area contributed by atoms with Gasteiger partial charge in [-0.1, -0.05) is 25.5 Å². The van der Waals surface area contributed by atoms with Crippen molar-refractivity contribution < 1.29 is 9.53 Å². The smallest absolute Gasteiger partial charge is 0.248 e. The lowest BCUT2D eigenvalue weighted by Gasteiger charge is -2.49. The Bertz CT molecular complexity index is 710. The van der Waals surface area contributed by atoms with Gasteiger partial charge in [0.2, 0.25) is 5.91 Å². The summed E-state index contributed by atoms with van der Waals surface area (Å²) in [5.41, 5.74) is 6.90. The molecule has 0 spiro atoms. The fourth-order valence-corrected chi connectivity index (χ4v) is 6.53. The molecule has 3 aliphatic rings. The highest BCUT2D eigenvalue weighted by molar-refractivity contribution is 5.92. The molecule has 0 bridgehead atoms. The van der Waals surface area contributed by atoms with Crippen LogP contribution in [0.1, 0.15) is 61.4 Å². The van der Waals surface area contributed by atoms with Crippen LogP contribution in [0.4, 0.5) is 0 Å². The van der Waals surface area contributed by atoms with Gasteiger partial charge in [0.15, 0.2) is 0 Å². The second-order valence-corrected chi connectivity index (χ2v) is 9.79. The number of carbonyl (C=O) groups excluding carboxylic acids is 1. The third kappa shape index (κ3) is 3.61. The van der Waals surface area contributed by atoms with E-state index in [0.717, 1.165) is 36.3 Å². The first kappa shape index (κ1) is 19.9. The van der Waals surface area contributed by atoms with Crippen LogP contribution >= 0.6 is 0 Å². The van der Waals surface area contributed by atoms with Crippen molar-refractivity contribution in [1.82, 2.24) is 4.90 Å². The number of hydrogen-bond donors (Lipinski definition) is 1. The maximum atomic E-state index is 11.8. The minimum atomic E-state index is -0.370. The normalized spacial score (nSPS) is 37.1. The molecule has 2 N–H and O–H groups in total. The highest BCUT2D eigenvalue weighted by atomic mass is 16.5. The molecule has 5 unspecified atom stereocenters. The van der Waals surface area contributed by atoms with Crippen molar-refractivity contribution in [3.05, 3.63) is 35.4 Å². The van der Waals surface area contributed by atoms with Crippen molar-refractivity contribution in [2.45, 2.75) is 51.0 Å². The predicted molar refractivity (Wildman–Crippen MR) is 112 cm³/mol. The first-order valence-electron chi connectivity index (χ1n) is 11.1. The van der Waals surface area contributed by atoms with Crippen LogP contribution in [0.2, 0.25) is 0 Å². The molecule has 0 radical (unpaired) electrons. The van der Waals surface area contributed by atoms with E-state index >= 15 is 0 Å². The Morgan fingerprint density at radius 3 is 2.64 bits per heavy atom. The molecule has 1 aromatic carbocycles. The summed E-state index contributed by atoms with van der Waals surface area (Å²) in [6.07, 6.45) is 7.93. The topological polar surface area (TPSA) is 55.6 Å². The summed E-state index contributed by atoms with van der Waals surface area (Å²) < 4.78 is 6.34. The summed E-state index contributed by atoms with van der Waals surface area (Å²) in [5, 5.41) is 0. The number of methoxy groups -OCH3 is 1. The molecule has 1 amide bonds. The van der Waals surface area contributed by atoms with Gasteiger partial charge in [0.1, 0.15) is 0 Å². The molecule has 0 aliphatic heterocycles. The molecule has 3 saturated carbocycles. The number of amides is 1. The molecule has 4 nitrogen and oxygen atoms in total. The average Bonchev–Trinajstić information content (AvgIpc) is 3.28. The number of fused-ring (bicyclic) bond motifs is 1. The van der Waals surface area contributed by atoms with Gasteiger partial charge in [-0.15, -0.1) is 0 Å². The Balaban J connectivity index is 1.55. The lowest BCUT2D eigenvalue weighted by atomic mass is 9.65. The standard InChI is InChI=1S/C24H36N2O2/c1-16-6-4-9-22(15-26(2)14-17-10-19-12-20(19)11-17)24(16,28-3)21-8-5-7-18(13-21)23(25)27/h5,7-8,13,16-17,19-20,22H,4,6,9-12,14-15H2,1-3H3,(H2,25,27). The highest BCUT2D eigenvalue weighted by Gasteiger charge is 2.49. The molecule has 28 heavy (non-hydrogen) atoms. The second kappa shape index (κ2) is 7.79. The molecule has 154 valence electrons. The zero-order chi connectivity index (χ0) is 19.9. The summed E-state index contributed by atoms with van der Waals surface area (Å²) in [5.74, 6) is 3.43. The zero-order valence-electron chi connectivity index (χ0n) is 17.7. The van der Waals surface area contributed by atoms with Crippen LogP contribution in [0, 0.1) is 29.6 Å². The van der Waals surface area contributed by atoms with Crippen LogP contribution in [0.5, 0.6) is 0 Å². The molecule has 0 heterocycles. The van der Waals surface area contributed by atoms with E-state index in [2.05, 4.69) is 24.9 Å². The first-order chi connectivity index (χ1) is 13.4. The van der Waals surface area contributed by atoms with Crippen LogP contribution in [-0.2, 0) is 10.3 Å². The van der Waals surface area contributed by atoms with Gasteiger partial charge in [0, 0.05) is 31.7 Å². The molecule has 0 aromatic heterocycles. The van der Waals surface area contributed by atoms with Crippen molar-refractivity contribution in [2.75, 3.05) is 27.2 Å². The van der Waals surface area contributed by atoms with Crippen molar-refractivity contribution in [3.63, 3.8) is 0 Å². The average molecular weight is 385 g/mol. The van der Waals surface area contributed by atoms with Crippen LogP contribution < -0.4 is 5.73 Å². The number of nitrogens with zero attached hydrogens (tertiary/aromatic N) is 1. The van der Waals surface area contributed by atoms with Crippen LogP contribution in [-0.4, -0.2) is 38.1 Å². The van der Waals surface area contributed by atoms with E-state index < -0.39 is 0 Å². The van der Waals surface area contributed by atoms with Gasteiger partial charge in [-0.05, 0) is 80.5 Å². The van der Waals surface area contributed by atoms with Crippen molar-refractivity contribution in [1.29, 1.82) is 0 Å². The number of carbonyl (C=O) groups is 1. The predicted octanol–water partition coefficient (Wildman–Crippen LogP) is 4.04. The number of hydrogen-bond acceptors (Lipinski definition) is 3. The minimum absolute atomic E-state index is 0.351. The monoisotopic (exact) mass is 384 g/mol. The third-order valence-corrected chi connectivity index (χ3v) is 7.91. The molecule has 3 aliphatic carbocycles. The van der Waals surface area contributed by atoms with E-state index in [1.165, 1.54) is 38.6 Å². The lowest BCUT2D eigenvalue weighted by Crippen LogP contribution is -2.50. The molecule has 5 atom stereocenters. The summed E-state index contributed by atoms with van der Waals surface area (Å²) in [6.45, 7) is 4.56. The Labute approximate surface area is 169 Å². The minimum Gasteiger partial charge on any atom is -0.373 e. The Kier molecular flexibility index (Phi) is 5.54. The van der Waals surface area contributed by atoms with Gasteiger partial charge < -0.3 is 15.4 Å². The number of nitrogens with two attached hydrogens (primary N) is 1. The van der Waals surface area contributed by atoms with Crippen LogP contribution in [0.15, 0.2) is 24.3 Å². The zero-order valence-corrected chi connectivity index (χ0v) is 17.7. The van der Waals surface area contributed by atoms with Gasteiger partial charge in [-0.25, -0.2) is 0 Å². The van der Waals surface area contributed by atoms with Gasteiger partial charge >= 0.3 is 0 Å². The summed E-state index contributed by atoms with van der Waals surface area (Å²) in [7, 11) is 4.12. The number of rotatable bonds is 7. The first-order valence-corrected chi connectivity index (χ1v) is 11.1. The summed E-state index contributed by atoms with van der Waals surface area (Å²) >= 11 is 0. The highest BCUT2D eigenvalue weighted by Crippen LogP contribution is 2.54. The largest absolute Gasteiger partial charge is 0.373 e. The maximum absolute atomic E-state index is 11.8. The fourth-order valence-electron chi connectivity index (χ4n) is 6.53. The summed E-state index contributed by atoms with van der Waals surface area (Å²) in [6, 6.07) is 7.83. The van der Waals surface area contributed by atoms with Crippen molar-refractivity contribution in [2.24, 2.45) is 35.3 Å². The molecule has 1 aromatic rings. The van der Waals surface area contributed by atoms with Crippen LogP contribution in [0.3, 0.4) is 0 Å². The quantitative estimate of drug-likeness (QED) is 0.772. The molecule has 4 rings (SSSR count). The third-order valence-electron chi connectivity index (χ3n) is 7.91. The summed E-state index contributed by atoms with van der Waals surface area (Å²) in [4.78, 5) is 14.3. The van der Waals surface area contributed by atoms with E-state index in [-0.39, 0.29) is 11.5 Å². The van der Waals surface area contributed by atoms with Crippen molar-refractivity contribution in [3.8, 4) is 0 Å². The van der Waals surface area contributed by atoms with Crippen molar-refractivity contribution >= 4 is 5.91 Å².